The highest BCUT2D eigenvalue weighted by Crippen LogP contribution is 2.32. The minimum absolute atomic E-state index is 0.0434. The van der Waals surface area contributed by atoms with Gasteiger partial charge in [-0.2, -0.15) is 0 Å². The van der Waals surface area contributed by atoms with Gasteiger partial charge >= 0.3 is 0 Å². The summed E-state index contributed by atoms with van der Waals surface area (Å²) in [5.41, 5.74) is 0.799. The molecule has 15 heavy (non-hydrogen) atoms. The van der Waals surface area contributed by atoms with Crippen molar-refractivity contribution in [2.45, 2.75) is 45.2 Å². The van der Waals surface area contributed by atoms with Crippen molar-refractivity contribution in [3.63, 3.8) is 0 Å². The molecule has 0 spiro atoms. The molecule has 3 nitrogen and oxygen atoms in total. The maximum Gasteiger partial charge on any atom is 0.268 e. The zero-order valence-corrected chi connectivity index (χ0v) is 9.36. The molecule has 1 aromatic heterocycles. The summed E-state index contributed by atoms with van der Waals surface area (Å²) in [6.45, 7) is 3.96. The highest BCUT2D eigenvalue weighted by atomic mass is 16.2. The van der Waals surface area contributed by atoms with E-state index in [0.29, 0.717) is 6.04 Å². The van der Waals surface area contributed by atoms with Gasteiger partial charge in [0, 0.05) is 18.3 Å². The standard InChI is InChI=1S/C12H18N2O/c1-9(2)13-12(15)11-7-4-8-14(11)10-5-3-6-10/h4,7-10H,3,5-6H2,1-2H3,(H,13,15). The summed E-state index contributed by atoms with van der Waals surface area (Å²) >= 11 is 0. The number of hydrogen-bond donors (Lipinski definition) is 1. The van der Waals surface area contributed by atoms with Gasteiger partial charge in [-0.25, -0.2) is 0 Å². The molecule has 0 bridgehead atoms. The van der Waals surface area contributed by atoms with E-state index >= 15 is 0 Å². The van der Waals surface area contributed by atoms with Gasteiger partial charge in [-0.3, -0.25) is 4.79 Å². The van der Waals surface area contributed by atoms with Crippen molar-refractivity contribution in [1.82, 2.24) is 9.88 Å². The van der Waals surface area contributed by atoms with Crippen LogP contribution in [0.4, 0.5) is 0 Å². The van der Waals surface area contributed by atoms with Crippen LogP contribution in [0.25, 0.3) is 0 Å². The van der Waals surface area contributed by atoms with Gasteiger partial charge in [-0.05, 0) is 45.2 Å². The number of rotatable bonds is 3. The lowest BCUT2D eigenvalue weighted by Crippen LogP contribution is -2.33. The fourth-order valence-corrected chi connectivity index (χ4v) is 1.91. The minimum Gasteiger partial charge on any atom is -0.349 e. The topological polar surface area (TPSA) is 34.0 Å². The molecule has 1 fully saturated rings. The summed E-state index contributed by atoms with van der Waals surface area (Å²) in [4.78, 5) is 11.8. The van der Waals surface area contributed by atoms with Crippen LogP contribution in [0, 0.1) is 0 Å². The molecule has 0 radical (unpaired) electrons. The molecule has 1 N–H and O–H groups in total. The first-order chi connectivity index (χ1) is 7.18. The largest absolute Gasteiger partial charge is 0.349 e. The smallest absolute Gasteiger partial charge is 0.268 e. The number of carbonyl (C=O) groups is 1. The fourth-order valence-electron chi connectivity index (χ4n) is 1.91. The number of amides is 1. The molecule has 1 aromatic rings. The van der Waals surface area contributed by atoms with E-state index in [2.05, 4.69) is 9.88 Å². The van der Waals surface area contributed by atoms with E-state index < -0.39 is 0 Å². The zero-order valence-electron chi connectivity index (χ0n) is 9.36. The molecule has 1 saturated carbocycles. The summed E-state index contributed by atoms with van der Waals surface area (Å²) in [5, 5.41) is 2.93. The van der Waals surface area contributed by atoms with Crippen LogP contribution < -0.4 is 5.32 Å². The first-order valence-corrected chi connectivity index (χ1v) is 5.66. The number of nitrogens with one attached hydrogen (secondary N) is 1. The highest BCUT2D eigenvalue weighted by Gasteiger charge is 2.23. The van der Waals surface area contributed by atoms with Gasteiger partial charge in [0.15, 0.2) is 0 Å². The predicted molar refractivity (Wildman–Crippen MR) is 59.9 cm³/mol. The predicted octanol–water partition coefficient (Wildman–Crippen LogP) is 2.35. The zero-order chi connectivity index (χ0) is 10.8. The van der Waals surface area contributed by atoms with Crippen LogP contribution in [0.3, 0.4) is 0 Å². The molecule has 1 amide bonds. The van der Waals surface area contributed by atoms with E-state index in [1.165, 1.54) is 19.3 Å². The van der Waals surface area contributed by atoms with Crippen molar-refractivity contribution in [3.8, 4) is 0 Å². The molecular formula is C12H18N2O. The van der Waals surface area contributed by atoms with Crippen molar-refractivity contribution >= 4 is 5.91 Å². The molecule has 1 aliphatic rings. The molecule has 82 valence electrons. The Morgan fingerprint density at radius 2 is 2.27 bits per heavy atom. The van der Waals surface area contributed by atoms with Crippen molar-refractivity contribution < 1.29 is 4.79 Å². The first-order valence-electron chi connectivity index (χ1n) is 5.66. The van der Waals surface area contributed by atoms with Crippen LogP contribution in [-0.2, 0) is 0 Å². The summed E-state index contributed by atoms with van der Waals surface area (Å²) in [6, 6.07) is 4.60. The number of hydrogen-bond acceptors (Lipinski definition) is 1. The van der Waals surface area contributed by atoms with Gasteiger partial charge < -0.3 is 9.88 Å². The van der Waals surface area contributed by atoms with Crippen LogP contribution in [0.2, 0.25) is 0 Å². The molecule has 0 unspecified atom stereocenters. The maximum absolute atomic E-state index is 11.8. The second-order valence-corrected chi connectivity index (χ2v) is 4.51. The van der Waals surface area contributed by atoms with E-state index in [4.69, 9.17) is 0 Å². The van der Waals surface area contributed by atoms with Crippen molar-refractivity contribution in [1.29, 1.82) is 0 Å². The van der Waals surface area contributed by atoms with Crippen LogP contribution in [0.1, 0.15) is 49.6 Å². The van der Waals surface area contributed by atoms with Gasteiger partial charge in [0.1, 0.15) is 5.69 Å². The summed E-state index contributed by atoms with van der Waals surface area (Å²) < 4.78 is 2.11. The van der Waals surface area contributed by atoms with E-state index in [1.54, 1.807) is 0 Å². The molecule has 3 heteroatoms. The number of nitrogens with zero attached hydrogens (tertiary/aromatic N) is 1. The Morgan fingerprint density at radius 3 is 2.80 bits per heavy atom. The molecule has 0 atom stereocenters. The van der Waals surface area contributed by atoms with Crippen LogP contribution in [-0.4, -0.2) is 16.5 Å². The fraction of sp³-hybridized carbons (Fsp3) is 0.583. The van der Waals surface area contributed by atoms with E-state index in [1.807, 2.05) is 32.2 Å². The minimum atomic E-state index is 0.0434. The van der Waals surface area contributed by atoms with E-state index in [-0.39, 0.29) is 11.9 Å². The summed E-state index contributed by atoms with van der Waals surface area (Å²) in [6.07, 6.45) is 5.71. The third-order valence-electron chi connectivity index (χ3n) is 2.90. The highest BCUT2D eigenvalue weighted by molar-refractivity contribution is 5.92. The van der Waals surface area contributed by atoms with Crippen molar-refractivity contribution in [2.24, 2.45) is 0 Å². The summed E-state index contributed by atoms with van der Waals surface area (Å²) in [5.74, 6) is 0.0434. The quantitative estimate of drug-likeness (QED) is 0.809. The molecular weight excluding hydrogens is 188 g/mol. The monoisotopic (exact) mass is 206 g/mol. The van der Waals surface area contributed by atoms with Gasteiger partial charge in [0.2, 0.25) is 0 Å². The Morgan fingerprint density at radius 1 is 1.53 bits per heavy atom. The Labute approximate surface area is 90.5 Å². The van der Waals surface area contributed by atoms with Gasteiger partial charge in [-0.15, -0.1) is 0 Å². The third-order valence-corrected chi connectivity index (χ3v) is 2.90. The normalized spacial score (nSPS) is 16.5. The maximum atomic E-state index is 11.8. The van der Waals surface area contributed by atoms with Gasteiger partial charge in [-0.1, -0.05) is 0 Å². The summed E-state index contributed by atoms with van der Waals surface area (Å²) in [7, 11) is 0. The second-order valence-electron chi connectivity index (χ2n) is 4.51. The van der Waals surface area contributed by atoms with Gasteiger partial charge in [0.25, 0.3) is 5.91 Å². The lowest BCUT2D eigenvalue weighted by molar-refractivity contribution is 0.0928. The molecule has 0 aliphatic heterocycles. The number of aromatic nitrogens is 1. The van der Waals surface area contributed by atoms with Gasteiger partial charge in [0.05, 0.1) is 0 Å². The Balaban J connectivity index is 2.13. The van der Waals surface area contributed by atoms with E-state index in [9.17, 15) is 4.79 Å². The third kappa shape index (κ3) is 2.06. The van der Waals surface area contributed by atoms with Crippen molar-refractivity contribution in [2.75, 3.05) is 0 Å². The Kier molecular flexibility index (Phi) is 2.80. The van der Waals surface area contributed by atoms with Crippen LogP contribution >= 0.6 is 0 Å². The number of carbonyl (C=O) groups excluding carboxylic acids is 1. The molecule has 0 saturated heterocycles. The Hall–Kier alpha value is -1.25. The average Bonchev–Trinajstić information content (AvgIpc) is 2.48. The molecule has 1 heterocycles. The molecule has 1 aliphatic carbocycles. The van der Waals surface area contributed by atoms with E-state index in [0.717, 1.165) is 5.69 Å². The van der Waals surface area contributed by atoms with Crippen LogP contribution in [0.15, 0.2) is 18.3 Å². The lowest BCUT2D eigenvalue weighted by atomic mass is 9.93. The average molecular weight is 206 g/mol. The van der Waals surface area contributed by atoms with Crippen LogP contribution in [0.5, 0.6) is 0 Å². The molecule has 2 rings (SSSR count). The molecule has 0 aromatic carbocycles. The lowest BCUT2D eigenvalue weighted by Gasteiger charge is -2.28. The Bertz CT molecular complexity index is 350. The SMILES string of the molecule is CC(C)NC(=O)c1cccn1C1CCC1. The van der Waals surface area contributed by atoms with Crippen molar-refractivity contribution in [3.05, 3.63) is 24.0 Å². The first kappa shape index (κ1) is 10.3. The second kappa shape index (κ2) is 4.09.